The zero-order chi connectivity index (χ0) is 15.7. The lowest BCUT2D eigenvalue weighted by molar-refractivity contribution is 0.0683. The van der Waals surface area contributed by atoms with Crippen molar-refractivity contribution < 1.29 is 23.1 Å². The van der Waals surface area contributed by atoms with E-state index in [1.54, 1.807) is 6.92 Å². The van der Waals surface area contributed by atoms with E-state index in [1.807, 2.05) is 0 Å². The molecular weight excluding hydrogens is 305 g/mol. The van der Waals surface area contributed by atoms with Crippen molar-refractivity contribution in [1.82, 2.24) is 9.55 Å². The average molecular weight is 316 g/mol. The summed E-state index contributed by atoms with van der Waals surface area (Å²) >= 11 is 5.01. The number of hydrogen-bond donors (Lipinski definition) is 2. The third-order valence-electron chi connectivity index (χ3n) is 3.12. The summed E-state index contributed by atoms with van der Waals surface area (Å²) in [5, 5.41) is 9.13. The summed E-state index contributed by atoms with van der Waals surface area (Å²) in [5.74, 6) is -5.46. The van der Waals surface area contributed by atoms with Gasteiger partial charge in [0.15, 0.2) is 22.2 Å². The number of aromatic amines is 1. The molecule has 0 saturated heterocycles. The Labute approximate surface area is 122 Å². The molecule has 0 bridgehead atoms. The smallest absolute Gasteiger partial charge is 0.354 e. The maximum atomic E-state index is 13.4. The number of carboxylic acids is 1. The molecule has 0 amide bonds. The number of rotatable bonds is 4. The minimum atomic E-state index is -1.57. The molecule has 0 spiro atoms. The quantitative estimate of drug-likeness (QED) is 0.668. The van der Waals surface area contributed by atoms with E-state index < -0.39 is 29.5 Å². The van der Waals surface area contributed by atoms with Crippen LogP contribution >= 0.6 is 12.2 Å². The molecular formula is C13H11F3N2O2S. The van der Waals surface area contributed by atoms with Crippen molar-refractivity contribution in [1.29, 1.82) is 0 Å². The molecule has 0 saturated carbocycles. The Morgan fingerprint density at radius 3 is 2.43 bits per heavy atom. The van der Waals surface area contributed by atoms with Crippen molar-refractivity contribution >= 4 is 18.2 Å². The van der Waals surface area contributed by atoms with Gasteiger partial charge in [-0.2, -0.15) is 0 Å². The van der Waals surface area contributed by atoms with Gasteiger partial charge in [-0.15, -0.1) is 0 Å². The highest BCUT2D eigenvalue weighted by molar-refractivity contribution is 7.71. The molecule has 2 N–H and O–H groups in total. The van der Waals surface area contributed by atoms with E-state index in [1.165, 1.54) is 10.8 Å². The van der Waals surface area contributed by atoms with E-state index in [2.05, 4.69) is 4.98 Å². The number of benzene rings is 1. The van der Waals surface area contributed by atoms with Crippen LogP contribution in [0.3, 0.4) is 0 Å². The number of aromatic nitrogens is 2. The van der Waals surface area contributed by atoms with Crippen molar-refractivity contribution in [2.24, 2.45) is 0 Å². The van der Waals surface area contributed by atoms with E-state index in [4.69, 9.17) is 17.3 Å². The maximum Gasteiger partial charge on any atom is 0.354 e. The zero-order valence-corrected chi connectivity index (χ0v) is 11.7. The monoisotopic (exact) mass is 316 g/mol. The summed E-state index contributed by atoms with van der Waals surface area (Å²) in [6, 6.07) is 0.958. The first-order valence-electron chi connectivity index (χ1n) is 6.04. The molecule has 0 aliphatic heterocycles. The molecule has 0 radical (unpaired) electrons. The van der Waals surface area contributed by atoms with E-state index >= 15 is 0 Å². The van der Waals surface area contributed by atoms with Gasteiger partial charge in [-0.3, -0.25) is 0 Å². The molecule has 21 heavy (non-hydrogen) atoms. The van der Waals surface area contributed by atoms with E-state index in [0.29, 0.717) is 6.42 Å². The highest BCUT2D eigenvalue weighted by Gasteiger charge is 2.22. The molecule has 8 heteroatoms. The number of hydrogen-bond acceptors (Lipinski definition) is 2. The Morgan fingerprint density at radius 1 is 1.38 bits per heavy atom. The van der Waals surface area contributed by atoms with Gasteiger partial charge in [0, 0.05) is 6.20 Å². The lowest BCUT2D eigenvalue weighted by Crippen LogP contribution is -2.16. The van der Waals surface area contributed by atoms with E-state index in [0.717, 1.165) is 12.1 Å². The summed E-state index contributed by atoms with van der Waals surface area (Å²) in [6.07, 6.45) is 1.51. The molecule has 1 aromatic carbocycles. The van der Waals surface area contributed by atoms with Crippen LogP contribution in [0.1, 0.15) is 35.4 Å². The number of imidazole rings is 1. The van der Waals surface area contributed by atoms with Crippen LogP contribution in [0.25, 0.3) is 0 Å². The van der Waals surface area contributed by atoms with Crippen LogP contribution < -0.4 is 0 Å². The van der Waals surface area contributed by atoms with E-state index in [9.17, 15) is 18.0 Å². The van der Waals surface area contributed by atoms with Crippen LogP contribution in [0.4, 0.5) is 13.2 Å². The molecule has 1 atom stereocenters. The summed E-state index contributed by atoms with van der Waals surface area (Å²) in [6.45, 7) is 1.70. The van der Waals surface area contributed by atoms with Gasteiger partial charge in [0.25, 0.3) is 0 Å². The lowest BCUT2D eigenvalue weighted by atomic mass is 10.0. The molecule has 0 aliphatic carbocycles. The minimum Gasteiger partial charge on any atom is -0.477 e. The standard InChI is InChI=1S/C13H11F3N2O2S/c1-2-9(6-3-7(14)11(16)8(15)4-6)18-10(12(19)20)5-17-13(18)21/h3-5,9H,2H2,1H3,(H,17,21)(H,19,20). The normalized spacial score (nSPS) is 12.4. The first-order chi connectivity index (χ1) is 9.86. The SMILES string of the molecule is CCC(c1cc(F)c(F)c(F)c1)n1c(C(=O)O)c[nH]c1=S. The first-order valence-corrected chi connectivity index (χ1v) is 6.45. The third-order valence-corrected chi connectivity index (χ3v) is 3.43. The number of H-pyrrole nitrogens is 1. The number of halogens is 3. The first kappa shape index (κ1) is 15.3. The summed E-state index contributed by atoms with van der Waals surface area (Å²) in [7, 11) is 0. The predicted octanol–water partition coefficient (Wildman–Crippen LogP) is 3.66. The predicted molar refractivity (Wildman–Crippen MR) is 71.3 cm³/mol. The Morgan fingerprint density at radius 2 is 1.95 bits per heavy atom. The Hall–Kier alpha value is -2.09. The van der Waals surface area contributed by atoms with Crippen LogP contribution in [-0.4, -0.2) is 20.6 Å². The largest absolute Gasteiger partial charge is 0.477 e. The maximum absolute atomic E-state index is 13.4. The van der Waals surface area contributed by atoms with Crippen LogP contribution in [0.2, 0.25) is 0 Å². The Bertz CT molecular complexity index is 731. The Balaban J connectivity index is 2.63. The highest BCUT2D eigenvalue weighted by atomic mass is 32.1. The van der Waals surface area contributed by atoms with Gasteiger partial charge in [-0.1, -0.05) is 6.92 Å². The third kappa shape index (κ3) is 2.71. The summed E-state index contributed by atoms with van der Waals surface area (Å²) in [5.41, 5.74) is -0.0379. The van der Waals surface area contributed by atoms with Crippen LogP contribution in [0.15, 0.2) is 18.3 Å². The van der Waals surface area contributed by atoms with Crippen LogP contribution in [-0.2, 0) is 0 Å². The number of carbonyl (C=O) groups is 1. The molecule has 4 nitrogen and oxygen atoms in total. The fourth-order valence-electron chi connectivity index (χ4n) is 2.19. The molecule has 2 aromatic rings. The van der Waals surface area contributed by atoms with Gasteiger partial charge in [0.2, 0.25) is 0 Å². The van der Waals surface area contributed by atoms with Gasteiger partial charge in [-0.05, 0) is 36.3 Å². The van der Waals surface area contributed by atoms with Gasteiger partial charge in [0.1, 0.15) is 5.69 Å². The summed E-state index contributed by atoms with van der Waals surface area (Å²) < 4.78 is 41.1. The number of aromatic carboxylic acids is 1. The molecule has 1 unspecified atom stereocenters. The molecule has 0 aliphatic rings. The molecule has 1 aromatic heterocycles. The van der Waals surface area contributed by atoms with Gasteiger partial charge >= 0.3 is 5.97 Å². The molecule has 1 heterocycles. The topological polar surface area (TPSA) is 58.0 Å². The van der Waals surface area contributed by atoms with Crippen molar-refractivity contribution in [3.63, 3.8) is 0 Å². The lowest BCUT2D eigenvalue weighted by Gasteiger charge is -2.19. The fourth-order valence-corrected chi connectivity index (χ4v) is 2.47. The molecule has 0 fully saturated rings. The fraction of sp³-hybridized carbons (Fsp3) is 0.231. The number of nitrogens with zero attached hydrogens (tertiary/aromatic N) is 1. The molecule has 112 valence electrons. The second kappa shape index (κ2) is 5.72. The van der Waals surface area contributed by atoms with Crippen molar-refractivity contribution in [2.75, 3.05) is 0 Å². The van der Waals surface area contributed by atoms with Gasteiger partial charge in [0.05, 0.1) is 6.04 Å². The van der Waals surface area contributed by atoms with Crippen molar-refractivity contribution in [3.8, 4) is 0 Å². The highest BCUT2D eigenvalue weighted by Crippen LogP contribution is 2.27. The Kier molecular flexibility index (Phi) is 4.17. The minimum absolute atomic E-state index is 0.101. The van der Waals surface area contributed by atoms with Crippen LogP contribution in [0, 0.1) is 22.2 Å². The van der Waals surface area contributed by atoms with Crippen LogP contribution in [0.5, 0.6) is 0 Å². The van der Waals surface area contributed by atoms with Gasteiger partial charge in [-0.25, -0.2) is 18.0 Å². The van der Waals surface area contributed by atoms with Gasteiger partial charge < -0.3 is 14.7 Å². The van der Waals surface area contributed by atoms with E-state index in [-0.39, 0.29) is 16.0 Å². The molecule has 2 rings (SSSR count). The van der Waals surface area contributed by atoms with Crippen molar-refractivity contribution in [2.45, 2.75) is 19.4 Å². The zero-order valence-electron chi connectivity index (χ0n) is 10.9. The average Bonchev–Trinajstić information content (AvgIpc) is 2.79. The second-order valence-corrected chi connectivity index (χ2v) is 4.76. The number of nitrogens with one attached hydrogen (secondary N) is 1. The second-order valence-electron chi connectivity index (χ2n) is 4.38. The van der Waals surface area contributed by atoms with Crippen molar-refractivity contribution in [3.05, 3.63) is 51.8 Å². The number of carboxylic acid groups (broad SMARTS) is 1. The summed E-state index contributed by atoms with van der Waals surface area (Å²) in [4.78, 5) is 13.8.